The normalized spacial score (nSPS) is 15.9. The second-order valence-electron chi connectivity index (χ2n) is 28.1. The van der Waals surface area contributed by atoms with E-state index in [1.54, 1.807) is 12.1 Å². The Kier molecular flexibility index (Phi) is 9.12. The number of benzene rings is 16. The van der Waals surface area contributed by atoms with Crippen LogP contribution < -0.4 is 26.2 Å². The third-order valence-electron chi connectivity index (χ3n) is 21.4. The Hall–Kier alpha value is -13.6. The maximum Gasteiger partial charge on any atom is 0.252 e. The summed E-state index contributed by atoms with van der Waals surface area (Å²) in [5.41, 5.74) is 9.61. The fraction of sp³-hybridized carbons (Fsp3) is 0.0400. The van der Waals surface area contributed by atoms with Gasteiger partial charge in [0.1, 0.15) is 0 Å². The number of fused-ring (bicyclic) bond motifs is 16. The molecular weight excluding hydrogens is 1300 g/mol. The van der Waals surface area contributed by atoms with E-state index >= 15 is 0 Å². The highest BCUT2D eigenvalue weighted by atomic mass is 15.2. The number of para-hydroxylation sites is 8. The van der Waals surface area contributed by atoms with Crippen molar-refractivity contribution in [2.45, 2.75) is 26.2 Å². The Balaban J connectivity index is 1.02. The van der Waals surface area contributed by atoms with Gasteiger partial charge in [-0.15, -0.1) is 0 Å². The molecule has 6 nitrogen and oxygen atoms in total. The van der Waals surface area contributed by atoms with Crippen molar-refractivity contribution in [2.75, 3.05) is 9.80 Å². The van der Waals surface area contributed by atoms with Gasteiger partial charge >= 0.3 is 0 Å². The first kappa shape index (κ1) is 41.6. The fourth-order valence-electron chi connectivity index (χ4n) is 16.8. The summed E-state index contributed by atoms with van der Waals surface area (Å²) in [5.74, 6) is 0. The topological polar surface area (TPSA) is 26.2 Å². The van der Waals surface area contributed by atoms with Crippen LogP contribution in [0.25, 0.3) is 143 Å². The van der Waals surface area contributed by atoms with E-state index in [1.165, 1.54) is 13.7 Å². The lowest BCUT2D eigenvalue weighted by Gasteiger charge is -2.46. The van der Waals surface area contributed by atoms with E-state index in [1.807, 2.05) is 188 Å². The van der Waals surface area contributed by atoms with E-state index in [-0.39, 0.29) is 82.5 Å². The van der Waals surface area contributed by atoms with Crippen LogP contribution >= 0.6 is 0 Å². The highest BCUT2D eigenvalue weighted by molar-refractivity contribution is 7.00. The van der Waals surface area contributed by atoms with Crippen LogP contribution in [0.2, 0.25) is 0 Å². The zero-order valence-corrected chi connectivity index (χ0v) is 57.5. The van der Waals surface area contributed by atoms with E-state index in [4.69, 9.17) is 0 Å². The Bertz CT molecular complexity index is 8290. The first-order chi connectivity index (χ1) is 62.7. The van der Waals surface area contributed by atoms with Gasteiger partial charge in [-0.25, -0.2) is 0 Å². The Morgan fingerprint density at radius 3 is 1.06 bits per heavy atom. The molecule has 0 fully saturated rings. The highest BCUT2D eigenvalue weighted by Gasteiger charge is 2.46. The first-order valence-corrected chi connectivity index (χ1v) is 35.3. The van der Waals surface area contributed by atoms with Crippen molar-refractivity contribution < 1.29 is 32.9 Å². The van der Waals surface area contributed by atoms with Crippen LogP contribution in [0.5, 0.6) is 0 Å². The van der Waals surface area contributed by atoms with Gasteiger partial charge in [0.15, 0.2) is 0 Å². The maximum absolute atomic E-state index is 10.3. The van der Waals surface area contributed by atoms with Gasteiger partial charge < -0.3 is 28.1 Å². The predicted molar refractivity (Wildman–Crippen MR) is 453 cm³/mol. The maximum atomic E-state index is 10.3. The summed E-state index contributed by atoms with van der Waals surface area (Å²) in [7, 11) is 0. The SMILES string of the molecule is [2H]c1c([2H])c([2H])c2c(c1[2H])c1c([2H])c([2H])c([2H])c([2H])c1n2-c1ccc2c(c1)N(c1c(-c3ccccc3)cc(C(C)(C)C)cc1-c1ccccc1)c1cc(-n3c4c([2H])c([2H])c([2H])c([2H])c4c4c([2H])c([2H])c([2H])c([2H])c43)cc3c1B2c1ccc(-n2c4c([2H])c([2H])c([2H])c([2H])c4c4c([2H])c([2H])c([2H])c([2H])c42)cc1N3c1c(-c2ccccc2)ccc2c1c1ccccc1n2-c1ccccc1. The summed E-state index contributed by atoms with van der Waals surface area (Å²) in [5, 5.41) is 0.190. The summed E-state index contributed by atoms with van der Waals surface area (Å²) in [6.45, 7) is 5.24. The average Bonchev–Trinajstić information content (AvgIpc) is 1.57. The van der Waals surface area contributed by atoms with Gasteiger partial charge in [0.05, 0.1) is 94.1 Å². The van der Waals surface area contributed by atoms with Gasteiger partial charge in [-0.3, -0.25) is 0 Å². The summed E-state index contributed by atoms with van der Waals surface area (Å²) in [4.78, 5) is 4.18. The molecule has 22 rings (SSSR count). The molecule has 7 heteroatoms. The van der Waals surface area contributed by atoms with Gasteiger partial charge in [-0.05, 0) is 153 Å². The lowest BCUT2D eigenvalue weighted by atomic mass is 9.33. The van der Waals surface area contributed by atoms with Crippen molar-refractivity contribution in [3.63, 3.8) is 0 Å². The Labute approximate surface area is 654 Å². The van der Waals surface area contributed by atoms with Crippen LogP contribution in [0.15, 0.2) is 363 Å². The largest absolute Gasteiger partial charge is 0.310 e. The van der Waals surface area contributed by atoms with Crippen LogP contribution in [0.4, 0.5) is 34.1 Å². The summed E-state index contributed by atoms with van der Waals surface area (Å²) in [6, 6.07) is 54.9. The molecule has 2 aliphatic heterocycles. The molecule has 6 heterocycles. The van der Waals surface area contributed by atoms with E-state index in [9.17, 15) is 32.9 Å². The summed E-state index contributed by atoms with van der Waals surface area (Å²) >= 11 is 0. The van der Waals surface area contributed by atoms with Crippen LogP contribution in [-0.2, 0) is 5.41 Å². The quantitative estimate of drug-likeness (QED) is 0.135. The minimum Gasteiger partial charge on any atom is -0.310 e. The number of anilines is 6. The molecule has 0 amide bonds. The van der Waals surface area contributed by atoms with E-state index in [0.717, 1.165) is 22.2 Å². The molecule has 4 aromatic heterocycles. The van der Waals surface area contributed by atoms with Crippen LogP contribution in [0, 0.1) is 0 Å². The number of hydrogen-bond donors (Lipinski definition) is 0. The third kappa shape index (κ3) is 9.08. The van der Waals surface area contributed by atoms with Crippen LogP contribution in [0.3, 0.4) is 0 Å². The molecule has 0 atom stereocenters. The van der Waals surface area contributed by atoms with Crippen molar-refractivity contribution in [1.29, 1.82) is 0 Å². The average molecular weight is 1390 g/mol. The highest BCUT2D eigenvalue weighted by Crippen LogP contribution is 2.56. The molecule has 20 aromatic rings. The number of hydrogen-bond acceptors (Lipinski definition) is 2. The molecular formula is C100H69BN6. The molecule has 0 saturated carbocycles. The molecule has 0 unspecified atom stereocenters. The standard InChI is InChI=1S/C100H69BN6/c1-100(2,3)67-58-80(65-32-10-5-11-33-65)98(81(59-67)66-34-12-6-13-35-66)106-92-60-69(103-84-45-23-16-38-73(84)74-39-17-24-46-85(74)103)52-55-82(92)101-83-56-53-70(104-86-47-25-18-40-75(86)76-41-19-26-48-87(76)104)61-93(83)107(95-63-71(62-94(106)97(95)101)105-88-49-27-20-42-77(88)78-43-21-28-50-89(78)105)99-72(64-30-8-4-9-31-64)54-57-91-96(99)79-44-22-29-51-90(79)102(91)68-36-14-7-15-37-68/h4-63H,1-3H3/i16D,17D,18D,19D,20D,21D,23D,24D,25D,26D,27D,28D,38D,39D,40D,41D,42D,43D,45D,46D,47D,48D,49D,50D. The minimum atomic E-state index is -1.10. The molecule has 2 aliphatic rings. The predicted octanol–water partition coefficient (Wildman–Crippen LogP) is 24.5. The lowest BCUT2D eigenvalue weighted by molar-refractivity contribution is 0.591. The van der Waals surface area contributed by atoms with Crippen molar-refractivity contribution in [3.8, 4) is 56.1 Å². The molecule has 502 valence electrons. The van der Waals surface area contributed by atoms with Crippen LogP contribution in [0.1, 0.15) is 59.2 Å². The lowest BCUT2D eigenvalue weighted by Crippen LogP contribution is -2.61. The van der Waals surface area contributed by atoms with Crippen molar-refractivity contribution in [1.82, 2.24) is 18.3 Å². The Morgan fingerprint density at radius 2 is 0.626 bits per heavy atom. The minimum absolute atomic E-state index is 0.0551. The number of rotatable bonds is 9. The van der Waals surface area contributed by atoms with E-state index in [0.29, 0.717) is 94.8 Å². The van der Waals surface area contributed by atoms with Crippen molar-refractivity contribution in [3.05, 3.63) is 369 Å². The van der Waals surface area contributed by atoms with Gasteiger partial charge in [0.2, 0.25) is 0 Å². The van der Waals surface area contributed by atoms with Crippen molar-refractivity contribution in [2.24, 2.45) is 0 Å². The molecule has 0 radical (unpaired) electrons. The zero-order chi connectivity index (χ0) is 91.6. The molecule has 0 spiro atoms. The molecule has 107 heavy (non-hydrogen) atoms. The van der Waals surface area contributed by atoms with Gasteiger partial charge in [0, 0.05) is 99.6 Å². The van der Waals surface area contributed by atoms with E-state index < -0.39 is 157 Å². The monoisotopic (exact) mass is 1390 g/mol. The Morgan fingerprint density at radius 1 is 0.271 bits per heavy atom. The second kappa shape index (κ2) is 23.5. The molecule has 0 saturated heterocycles. The number of nitrogens with zero attached hydrogens (tertiary/aromatic N) is 6. The molecule has 0 aliphatic carbocycles. The van der Waals surface area contributed by atoms with Crippen molar-refractivity contribution >= 4 is 144 Å². The fourth-order valence-corrected chi connectivity index (χ4v) is 16.8. The van der Waals surface area contributed by atoms with Gasteiger partial charge in [-0.2, -0.15) is 0 Å². The summed E-state index contributed by atoms with van der Waals surface area (Å²) < 4.78 is 238. The second-order valence-corrected chi connectivity index (χ2v) is 28.1. The third-order valence-corrected chi connectivity index (χ3v) is 21.4. The first-order valence-electron chi connectivity index (χ1n) is 47.3. The van der Waals surface area contributed by atoms with Crippen LogP contribution in [-0.4, -0.2) is 25.0 Å². The molecule has 16 aromatic carbocycles. The zero-order valence-electron chi connectivity index (χ0n) is 81.5. The number of aromatic nitrogens is 4. The molecule has 0 bridgehead atoms. The molecule has 0 N–H and O–H groups in total. The smallest absolute Gasteiger partial charge is 0.252 e. The summed E-state index contributed by atoms with van der Waals surface area (Å²) in [6.07, 6.45) is 0. The van der Waals surface area contributed by atoms with E-state index in [2.05, 4.69) is 53.3 Å². The van der Waals surface area contributed by atoms with Gasteiger partial charge in [0.25, 0.3) is 6.71 Å². The van der Waals surface area contributed by atoms with Gasteiger partial charge in [-0.1, -0.05) is 275 Å².